The lowest BCUT2D eigenvalue weighted by molar-refractivity contribution is 0.228. The Hall–Kier alpha value is -2.27. The Kier molecular flexibility index (Phi) is 8.62. The molecule has 0 saturated heterocycles. The van der Waals surface area contributed by atoms with Crippen LogP contribution in [0.5, 0.6) is 5.75 Å². The standard InChI is InChI=1S/C27H35NO/c1-2-3-4-6-22-8-10-23(11-9-22)7-5-20-29-27-18-16-26(17-19-27)25-14-12-24(21-28)13-15-25/h12-19,22-23H,2-11,20H2,1H3. The van der Waals surface area contributed by atoms with Gasteiger partial charge in [0.25, 0.3) is 0 Å². The summed E-state index contributed by atoms with van der Waals surface area (Å²) in [4.78, 5) is 0. The predicted molar refractivity (Wildman–Crippen MR) is 121 cm³/mol. The molecule has 0 amide bonds. The van der Waals surface area contributed by atoms with E-state index in [-0.39, 0.29) is 0 Å². The Morgan fingerprint density at radius 1 is 0.793 bits per heavy atom. The topological polar surface area (TPSA) is 33.0 Å². The van der Waals surface area contributed by atoms with E-state index in [2.05, 4.69) is 37.3 Å². The van der Waals surface area contributed by atoms with Crippen molar-refractivity contribution in [1.29, 1.82) is 5.26 Å². The molecule has 0 radical (unpaired) electrons. The van der Waals surface area contributed by atoms with Crippen LogP contribution in [0.1, 0.15) is 76.7 Å². The maximum Gasteiger partial charge on any atom is 0.119 e. The normalized spacial score (nSPS) is 18.9. The quantitative estimate of drug-likeness (QED) is 0.389. The number of benzene rings is 2. The van der Waals surface area contributed by atoms with Crippen LogP contribution in [-0.4, -0.2) is 6.61 Å². The van der Waals surface area contributed by atoms with Crippen LogP contribution in [0.2, 0.25) is 0 Å². The second-order valence-electron chi connectivity index (χ2n) is 8.59. The van der Waals surface area contributed by atoms with E-state index in [1.807, 2.05) is 24.3 Å². The Morgan fingerprint density at radius 2 is 1.34 bits per heavy atom. The van der Waals surface area contributed by atoms with E-state index >= 15 is 0 Å². The highest BCUT2D eigenvalue weighted by Gasteiger charge is 2.20. The van der Waals surface area contributed by atoms with Gasteiger partial charge in [0.15, 0.2) is 0 Å². The zero-order chi connectivity index (χ0) is 20.3. The first-order valence-electron chi connectivity index (χ1n) is 11.5. The minimum absolute atomic E-state index is 0.693. The molecule has 3 rings (SSSR count). The van der Waals surface area contributed by atoms with Crippen LogP contribution in [0, 0.1) is 23.2 Å². The van der Waals surface area contributed by atoms with Gasteiger partial charge in [0, 0.05) is 0 Å². The Labute approximate surface area is 176 Å². The van der Waals surface area contributed by atoms with E-state index < -0.39 is 0 Å². The third-order valence-corrected chi connectivity index (χ3v) is 6.41. The third kappa shape index (κ3) is 6.93. The maximum atomic E-state index is 8.91. The summed E-state index contributed by atoms with van der Waals surface area (Å²) < 4.78 is 5.97. The van der Waals surface area contributed by atoms with E-state index in [1.165, 1.54) is 57.8 Å². The van der Waals surface area contributed by atoms with Gasteiger partial charge in [-0.15, -0.1) is 0 Å². The molecule has 1 saturated carbocycles. The van der Waals surface area contributed by atoms with Crippen molar-refractivity contribution in [2.75, 3.05) is 6.61 Å². The van der Waals surface area contributed by atoms with Crippen molar-refractivity contribution >= 4 is 0 Å². The fourth-order valence-corrected chi connectivity index (χ4v) is 4.53. The van der Waals surface area contributed by atoms with Gasteiger partial charge in [-0.05, 0) is 60.1 Å². The van der Waals surface area contributed by atoms with Crippen molar-refractivity contribution in [3.05, 3.63) is 54.1 Å². The zero-order valence-corrected chi connectivity index (χ0v) is 17.9. The van der Waals surface area contributed by atoms with Crippen LogP contribution in [-0.2, 0) is 0 Å². The first-order chi connectivity index (χ1) is 14.3. The maximum absolute atomic E-state index is 8.91. The third-order valence-electron chi connectivity index (χ3n) is 6.41. The monoisotopic (exact) mass is 389 g/mol. The molecule has 2 heteroatoms. The van der Waals surface area contributed by atoms with Gasteiger partial charge in [0.1, 0.15) is 5.75 Å². The summed E-state index contributed by atoms with van der Waals surface area (Å²) in [5, 5.41) is 8.91. The minimum atomic E-state index is 0.693. The number of nitriles is 1. The number of ether oxygens (including phenoxy) is 1. The van der Waals surface area contributed by atoms with Crippen molar-refractivity contribution < 1.29 is 4.74 Å². The SMILES string of the molecule is CCCCCC1CCC(CCCOc2ccc(-c3ccc(C#N)cc3)cc2)CC1. The summed E-state index contributed by atoms with van der Waals surface area (Å²) in [6.07, 6.45) is 13.9. The molecule has 29 heavy (non-hydrogen) atoms. The lowest BCUT2D eigenvalue weighted by atomic mass is 9.78. The number of hydrogen-bond acceptors (Lipinski definition) is 2. The highest BCUT2D eigenvalue weighted by molar-refractivity contribution is 5.64. The summed E-state index contributed by atoms with van der Waals surface area (Å²) in [6.45, 7) is 3.11. The first kappa shape index (κ1) is 21.4. The molecule has 0 N–H and O–H groups in total. The van der Waals surface area contributed by atoms with Gasteiger partial charge in [-0.25, -0.2) is 0 Å². The van der Waals surface area contributed by atoms with E-state index in [4.69, 9.17) is 10.00 Å². The second kappa shape index (κ2) is 11.7. The van der Waals surface area contributed by atoms with Gasteiger partial charge in [0.05, 0.1) is 18.2 Å². The van der Waals surface area contributed by atoms with E-state index in [0.29, 0.717) is 5.56 Å². The van der Waals surface area contributed by atoms with Crippen LogP contribution >= 0.6 is 0 Å². The Bertz CT molecular complexity index is 749. The van der Waals surface area contributed by atoms with Crippen molar-refractivity contribution in [3.63, 3.8) is 0 Å². The van der Waals surface area contributed by atoms with Gasteiger partial charge in [-0.2, -0.15) is 5.26 Å². The largest absolute Gasteiger partial charge is 0.494 e. The Balaban J connectivity index is 1.33. The molecule has 0 atom stereocenters. The second-order valence-corrected chi connectivity index (χ2v) is 8.59. The number of hydrogen-bond donors (Lipinski definition) is 0. The van der Waals surface area contributed by atoms with Gasteiger partial charge >= 0.3 is 0 Å². The van der Waals surface area contributed by atoms with Gasteiger partial charge in [-0.3, -0.25) is 0 Å². The lowest BCUT2D eigenvalue weighted by Gasteiger charge is -2.28. The fraction of sp³-hybridized carbons (Fsp3) is 0.519. The molecule has 0 aliphatic heterocycles. The number of rotatable bonds is 10. The number of unbranched alkanes of at least 4 members (excludes halogenated alkanes) is 2. The van der Waals surface area contributed by atoms with E-state index in [1.54, 1.807) is 0 Å². The van der Waals surface area contributed by atoms with Crippen molar-refractivity contribution in [2.24, 2.45) is 11.8 Å². The van der Waals surface area contributed by atoms with Crippen LogP contribution in [0.3, 0.4) is 0 Å². The zero-order valence-electron chi connectivity index (χ0n) is 17.9. The molecule has 0 aromatic heterocycles. The molecule has 2 nitrogen and oxygen atoms in total. The van der Waals surface area contributed by atoms with Gasteiger partial charge in [0.2, 0.25) is 0 Å². The summed E-state index contributed by atoms with van der Waals surface area (Å²) >= 11 is 0. The lowest BCUT2D eigenvalue weighted by Crippen LogP contribution is -2.15. The molecule has 0 spiro atoms. The highest BCUT2D eigenvalue weighted by atomic mass is 16.5. The van der Waals surface area contributed by atoms with Crippen molar-refractivity contribution in [2.45, 2.75) is 71.1 Å². The molecular formula is C27H35NO. The van der Waals surface area contributed by atoms with Crippen LogP contribution in [0.25, 0.3) is 11.1 Å². The van der Waals surface area contributed by atoms with E-state index in [9.17, 15) is 0 Å². The molecule has 1 fully saturated rings. The van der Waals surface area contributed by atoms with Crippen LogP contribution in [0.15, 0.2) is 48.5 Å². The molecule has 0 bridgehead atoms. The molecule has 2 aromatic rings. The summed E-state index contributed by atoms with van der Waals surface area (Å²) in [7, 11) is 0. The average Bonchev–Trinajstić information content (AvgIpc) is 2.78. The predicted octanol–water partition coefficient (Wildman–Crippen LogP) is 7.77. The van der Waals surface area contributed by atoms with Gasteiger partial charge < -0.3 is 4.74 Å². The molecule has 0 heterocycles. The van der Waals surface area contributed by atoms with Crippen LogP contribution < -0.4 is 4.74 Å². The molecule has 1 aliphatic carbocycles. The first-order valence-corrected chi connectivity index (χ1v) is 11.5. The summed E-state index contributed by atoms with van der Waals surface area (Å²) in [6, 6.07) is 18.2. The molecule has 2 aromatic carbocycles. The van der Waals surface area contributed by atoms with Crippen molar-refractivity contribution in [1.82, 2.24) is 0 Å². The average molecular weight is 390 g/mol. The summed E-state index contributed by atoms with van der Waals surface area (Å²) in [5.74, 6) is 2.87. The van der Waals surface area contributed by atoms with Crippen LogP contribution in [0.4, 0.5) is 0 Å². The fourth-order valence-electron chi connectivity index (χ4n) is 4.53. The molecule has 1 aliphatic rings. The number of nitrogens with zero attached hydrogens (tertiary/aromatic N) is 1. The summed E-state index contributed by atoms with van der Waals surface area (Å²) in [5.41, 5.74) is 2.97. The molecule has 0 unspecified atom stereocenters. The Morgan fingerprint density at radius 3 is 1.90 bits per heavy atom. The van der Waals surface area contributed by atoms with E-state index in [0.717, 1.165) is 41.7 Å². The molecular weight excluding hydrogens is 354 g/mol. The minimum Gasteiger partial charge on any atom is -0.494 e. The smallest absolute Gasteiger partial charge is 0.119 e. The molecule has 154 valence electrons. The highest BCUT2D eigenvalue weighted by Crippen LogP contribution is 2.34. The van der Waals surface area contributed by atoms with Gasteiger partial charge in [-0.1, -0.05) is 82.6 Å². The van der Waals surface area contributed by atoms with Crippen molar-refractivity contribution in [3.8, 4) is 22.9 Å².